The van der Waals surface area contributed by atoms with E-state index >= 15 is 0 Å². The van der Waals surface area contributed by atoms with Gasteiger partial charge in [0, 0.05) is 19.6 Å². The van der Waals surface area contributed by atoms with E-state index in [4.69, 9.17) is 4.74 Å². The van der Waals surface area contributed by atoms with Gasteiger partial charge in [-0.15, -0.1) is 0 Å². The molecule has 2 rings (SSSR count). The van der Waals surface area contributed by atoms with Crippen LogP contribution in [0.25, 0.3) is 0 Å². The number of hydrogen-bond donors (Lipinski definition) is 0. The fraction of sp³-hybridized carbons (Fsp3) is 0.900. The topological polar surface area (TPSA) is 32.8 Å². The average molecular weight is 198 g/mol. The van der Waals surface area contributed by atoms with Crippen molar-refractivity contribution in [2.75, 3.05) is 33.3 Å². The third kappa shape index (κ3) is 1.38. The molecular weight excluding hydrogens is 180 g/mol. The number of hydrogen-bond acceptors (Lipinski definition) is 3. The van der Waals surface area contributed by atoms with Gasteiger partial charge in [-0.1, -0.05) is 0 Å². The lowest BCUT2D eigenvalue weighted by Gasteiger charge is -2.41. The molecule has 1 spiro atoms. The van der Waals surface area contributed by atoms with Crippen molar-refractivity contribution in [2.24, 2.45) is 0 Å². The van der Waals surface area contributed by atoms with Gasteiger partial charge in [-0.05, 0) is 26.8 Å². The highest BCUT2D eigenvalue weighted by Crippen LogP contribution is 2.33. The van der Waals surface area contributed by atoms with E-state index < -0.39 is 0 Å². The van der Waals surface area contributed by atoms with Crippen LogP contribution in [-0.4, -0.2) is 54.7 Å². The SMILES string of the molecule is CCN1C(=O)OCC12CCN(C)CC2. The number of carbonyl (C=O) groups excluding carboxylic acids is 1. The van der Waals surface area contributed by atoms with Crippen LogP contribution < -0.4 is 0 Å². The molecule has 2 saturated heterocycles. The number of nitrogens with zero attached hydrogens (tertiary/aromatic N) is 2. The highest BCUT2D eigenvalue weighted by molar-refractivity contribution is 5.71. The first kappa shape index (κ1) is 9.77. The second-order valence-corrected chi connectivity index (χ2v) is 4.33. The quantitative estimate of drug-likeness (QED) is 0.628. The van der Waals surface area contributed by atoms with Gasteiger partial charge in [0.15, 0.2) is 0 Å². The Bertz CT molecular complexity index is 234. The van der Waals surface area contributed by atoms with Gasteiger partial charge in [-0.3, -0.25) is 4.90 Å². The zero-order valence-electron chi connectivity index (χ0n) is 8.95. The number of rotatable bonds is 1. The Balaban J connectivity index is 2.11. The molecule has 0 aromatic heterocycles. The van der Waals surface area contributed by atoms with Crippen molar-refractivity contribution in [2.45, 2.75) is 25.3 Å². The minimum atomic E-state index is -0.128. The van der Waals surface area contributed by atoms with E-state index in [0.29, 0.717) is 6.61 Å². The molecule has 0 saturated carbocycles. The third-order valence-electron chi connectivity index (χ3n) is 3.49. The Labute approximate surface area is 84.8 Å². The Morgan fingerprint density at radius 1 is 1.43 bits per heavy atom. The maximum atomic E-state index is 11.5. The van der Waals surface area contributed by atoms with Crippen molar-refractivity contribution in [1.82, 2.24) is 9.80 Å². The van der Waals surface area contributed by atoms with Crippen molar-refractivity contribution in [3.05, 3.63) is 0 Å². The largest absolute Gasteiger partial charge is 0.447 e. The lowest BCUT2D eigenvalue weighted by molar-refractivity contribution is 0.0867. The number of piperidine rings is 1. The van der Waals surface area contributed by atoms with E-state index in [-0.39, 0.29) is 11.6 Å². The standard InChI is InChI=1S/C10H18N2O2/c1-3-12-9(13)14-8-10(12)4-6-11(2)7-5-10/h3-8H2,1-2H3. The molecule has 0 aliphatic carbocycles. The number of likely N-dealkylation sites (N-methyl/N-ethyl adjacent to an activating group) is 1. The fourth-order valence-electron chi connectivity index (χ4n) is 2.46. The molecule has 0 N–H and O–H groups in total. The monoisotopic (exact) mass is 198 g/mol. The predicted molar refractivity (Wildman–Crippen MR) is 53.2 cm³/mol. The summed E-state index contributed by atoms with van der Waals surface area (Å²) in [6, 6.07) is 0. The van der Waals surface area contributed by atoms with Crippen LogP contribution >= 0.6 is 0 Å². The summed E-state index contributed by atoms with van der Waals surface area (Å²) in [6.07, 6.45) is 1.96. The van der Waals surface area contributed by atoms with Gasteiger partial charge in [0.05, 0.1) is 5.54 Å². The van der Waals surface area contributed by atoms with Crippen molar-refractivity contribution in [3.63, 3.8) is 0 Å². The Kier molecular flexibility index (Phi) is 2.39. The van der Waals surface area contributed by atoms with Crippen LogP contribution in [0, 0.1) is 0 Å². The summed E-state index contributed by atoms with van der Waals surface area (Å²) in [7, 11) is 2.13. The number of cyclic esters (lactones) is 1. The average Bonchev–Trinajstić information content (AvgIpc) is 2.49. The molecule has 0 aromatic rings. The van der Waals surface area contributed by atoms with Gasteiger partial charge in [-0.2, -0.15) is 0 Å². The predicted octanol–water partition coefficient (Wildman–Crippen LogP) is 0.923. The first-order valence-electron chi connectivity index (χ1n) is 5.31. The van der Waals surface area contributed by atoms with Gasteiger partial charge in [0.25, 0.3) is 0 Å². The summed E-state index contributed by atoms with van der Waals surface area (Å²) >= 11 is 0. The summed E-state index contributed by atoms with van der Waals surface area (Å²) in [6.45, 7) is 5.50. The number of carbonyl (C=O) groups is 1. The van der Waals surface area contributed by atoms with Crippen LogP contribution in [0.1, 0.15) is 19.8 Å². The first-order chi connectivity index (χ1) is 6.68. The molecule has 2 fully saturated rings. The molecule has 4 nitrogen and oxygen atoms in total. The van der Waals surface area contributed by atoms with E-state index in [0.717, 1.165) is 32.5 Å². The summed E-state index contributed by atoms with van der Waals surface area (Å²) in [5.41, 5.74) is 0.0122. The molecule has 0 unspecified atom stereocenters. The molecule has 4 heteroatoms. The Morgan fingerprint density at radius 2 is 2.07 bits per heavy atom. The van der Waals surface area contributed by atoms with Gasteiger partial charge in [-0.25, -0.2) is 4.79 Å². The maximum Gasteiger partial charge on any atom is 0.410 e. The molecule has 80 valence electrons. The maximum absolute atomic E-state index is 11.5. The normalized spacial score (nSPS) is 27.0. The van der Waals surface area contributed by atoms with E-state index in [1.165, 1.54) is 0 Å². The molecule has 2 aliphatic heterocycles. The molecule has 1 amide bonds. The first-order valence-corrected chi connectivity index (χ1v) is 5.31. The van der Waals surface area contributed by atoms with Gasteiger partial charge >= 0.3 is 6.09 Å². The van der Waals surface area contributed by atoms with Gasteiger partial charge in [0.2, 0.25) is 0 Å². The smallest absolute Gasteiger partial charge is 0.410 e. The van der Waals surface area contributed by atoms with Crippen LogP contribution in [0.2, 0.25) is 0 Å². The highest BCUT2D eigenvalue weighted by atomic mass is 16.6. The Hall–Kier alpha value is -0.770. The van der Waals surface area contributed by atoms with Gasteiger partial charge in [0.1, 0.15) is 6.61 Å². The molecule has 14 heavy (non-hydrogen) atoms. The van der Waals surface area contributed by atoms with Crippen molar-refractivity contribution >= 4 is 6.09 Å². The van der Waals surface area contributed by atoms with E-state index in [1.807, 2.05) is 11.8 Å². The Morgan fingerprint density at radius 3 is 2.64 bits per heavy atom. The minimum absolute atomic E-state index is 0.0122. The summed E-state index contributed by atoms with van der Waals surface area (Å²) < 4.78 is 5.15. The molecule has 0 aromatic carbocycles. The lowest BCUT2D eigenvalue weighted by Crippen LogP contribution is -2.53. The van der Waals surface area contributed by atoms with Crippen LogP contribution in [0.4, 0.5) is 4.79 Å². The van der Waals surface area contributed by atoms with E-state index in [2.05, 4.69) is 11.9 Å². The molecular formula is C10H18N2O2. The zero-order valence-corrected chi connectivity index (χ0v) is 8.95. The number of likely N-dealkylation sites (tertiary alicyclic amines) is 1. The summed E-state index contributed by atoms with van der Waals surface area (Å²) in [4.78, 5) is 15.7. The van der Waals surface area contributed by atoms with E-state index in [9.17, 15) is 4.79 Å². The number of amides is 1. The van der Waals surface area contributed by atoms with Crippen LogP contribution in [0.5, 0.6) is 0 Å². The van der Waals surface area contributed by atoms with E-state index in [1.54, 1.807) is 0 Å². The molecule has 2 heterocycles. The zero-order chi connectivity index (χ0) is 10.2. The van der Waals surface area contributed by atoms with Crippen LogP contribution in [0.15, 0.2) is 0 Å². The van der Waals surface area contributed by atoms with Gasteiger partial charge < -0.3 is 9.64 Å². The molecule has 0 radical (unpaired) electrons. The summed E-state index contributed by atoms with van der Waals surface area (Å²) in [5.74, 6) is 0. The second-order valence-electron chi connectivity index (χ2n) is 4.33. The van der Waals surface area contributed by atoms with Crippen molar-refractivity contribution in [1.29, 1.82) is 0 Å². The van der Waals surface area contributed by atoms with Crippen molar-refractivity contribution in [3.8, 4) is 0 Å². The lowest BCUT2D eigenvalue weighted by atomic mass is 9.87. The second kappa shape index (κ2) is 3.42. The van der Waals surface area contributed by atoms with Crippen LogP contribution in [0.3, 0.4) is 0 Å². The number of ether oxygens (including phenoxy) is 1. The molecule has 2 aliphatic rings. The minimum Gasteiger partial charge on any atom is -0.447 e. The van der Waals surface area contributed by atoms with Crippen LogP contribution in [-0.2, 0) is 4.74 Å². The third-order valence-corrected chi connectivity index (χ3v) is 3.49. The molecule has 0 atom stereocenters. The fourth-order valence-corrected chi connectivity index (χ4v) is 2.46. The van der Waals surface area contributed by atoms with Crippen molar-refractivity contribution < 1.29 is 9.53 Å². The molecule has 0 bridgehead atoms. The summed E-state index contributed by atoms with van der Waals surface area (Å²) in [5, 5.41) is 0. The highest BCUT2D eigenvalue weighted by Gasteiger charge is 2.47.